The zero-order valence-electron chi connectivity index (χ0n) is 12.6. The first-order chi connectivity index (χ1) is 10.4. The van der Waals surface area contributed by atoms with E-state index in [1.54, 1.807) is 11.8 Å². The molecule has 2 rings (SSSR count). The van der Waals surface area contributed by atoms with Crippen LogP contribution in [0.5, 0.6) is 5.88 Å². The summed E-state index contributed by atoms with van der Waals surface area (Å²) >= 11 is 0. The van der Waals surface area contributed by atoms with Crippen LogP contribution < -0.4 is 15.8 Å². The van der Waals surface area contributed by atoms with Gasteiger partial charge in [-0.05, 0) is 24.5 Å². The lowest BCUT2D eigenvalue weighted by molar-refractivity contribution is -0.0529. The fourth-order valence-electron chi connectivity index (χ4n) is 2.84. The van der Waals surface area contributed by atoms with Gasteiger partial charge in [-0.3, -0.25) is 0 Å². The number of nitrogens with two attached hydrogens (primary N) is 1. The topological polar surface area (TPSA) is 80.5 Å². The summed E-state index contributed by atoms with van der Waals surface area (Å²) in [7, 11) is 0. The number of primary amides is 1. The molecule has 22 heavy (non-hydrogen) atoms. The Hall–Kier alpha value is -1.96. The van der Waals surface area contributed by atoms with Crippen molar-refractivity contribution < 1.29 is 18.3 Å². The molecule has 2 heterocycles. The minimum absolute atomic E-state index is 0.0311. The van der Waals surface area contributed by atoms with E-state index in [0.717, 1.165) is 17.5 Å². The van der Waals surface area contributed by atoms with Crippen LogP contribution in [-0.4, -0.2) is 41.7 Å². The van der Waals surface area contributed by atoms with E-state index in [9.17, 15) is 13.6 Å². The van der Waals surface area contributed by atoms with E-state index in [-0.39, 0.29) is 18.0 Å². The van der Waals surface area contributed by atoms with E-state index in [1.165, 1.54) is 12.3 Å². The van der Waals surface area contributed by atoms with E-state index >= 15 is 0 Å². The molecule has 1 aromatic rings. The summed E-state index contributed by atoms with van der Waals surface area (Å²) in [6.45, 7) is 2.02. The number of ether oxygens (including phenoxy) is 1. The van der Waals surface area contributed by atoms with Crippen molar-refractivity contribution in [3.8, 4) is 5.88 Å². The normalized spacial score (nSPS) is 22.0. The molecule has 1 saturated heterocycles. The Balaban J connectivity index is 2.35. The van der Waals surface area contributed by atoms with Gasteiger partial charge in [0, 0.05) is 31.4 Å². The summed E-state index contributed by atoms with van der Waals surface area (Å²) in [5.41, 5.74) is 6.98. The van der Waals surface area contributed by atoms with Gasteiger partial charge in [0.05, 0.1) is 6.04 Å². The fraction of sp³-hybridized carbons (Fsp3) is 0.571. The first-order valence-electron chi connectivity index (χ1n) is 7.14. The number of halogens is 2. The van der Waals surface area contributed by atoms with E-state index < -0.39 is 12.6 Å². The average Bonchev–Trinajstić information content (AvgIpc) is 2.46. The zero-order valence-corrected chi connectivity index (χ0v) is 12.6. The van der Waals surface area contributed by atoms with Crippen molar-refractivity contribution in [2.45, 2.75) is 39.0 Å². The minimum Gasteiger partial charge on any atom is -0.417 e. The van der Waals surface area contributed by atoms with Crippen molar-refractivity contribution >= 4 is 6.03 Å². The number of hydrogen-bond acceptors (Lipinski definition) is 4. The maximum absolute atomic E-state index is 12.3. The third-order valence-corrected chi connectivity index (χ3v) is 3.85. The van der Waals surface area contributed by atoms with Gasteiger partial charge >= 0.3 is 12.6 Å². The summed E-state index contributed by atoms with van der Waals surface area (Å²) < 4.78 is 28.8. The van der Waals surface area contributed by atoms with Crippen molar-refractivity contribution in [1.29, 1.82) is 0 Å². The van der Waals surface area contributed by atoms with Crippen LogP contribution in [-0.2, 0) is 0 Å². The van der Waals surface area contributed by atoms with E-state index in [4.69, 9.17) is 5.73 Å². The molecule has 1 aliphatic rings. The van der Waals surface area contributed by atoms with Gasteiger partial charge in [0.1, 0.15) is 0 Å². The molecule has 1 aliphatic heterocycles. The Kier molecular flexibility index (Phi) is 5.12. The Morgan fingerprint density at radius 2 is 2.36 bits per heavy atom. The van der Waals surface area contributed by atoms with Crippen LogP contribution in [0.3, 0.4) is 0 Å². The molecule has 1 aromatic heterocycles. The second-order valence-electron chi connectivity index (χ2n) is 5.20. The maximum Gasteiger partial charge on any atom is 0.388 e. The van der Waals surface area contributed by atoms with Crippen LogP contribution in [0.2, 0.25) is 0 Å². The molecule has 2 atom stereocenters. The number of aromatic nitrogens is 1. The number of alkyl halides is 2. The first kappa shape index (κ1) is 16.4. The van der Waals surface area contributed by atoms with Gasteiger partial charge in [-0.2, -0.15) is 8.78 Å². The number of rotatable bonds is 4. The van der Waals surface area contributed by atoms with Gasteiger partial charge in [0.2, 0.25) is 5.88 Å². The van der Waals surface area contributed by atoms with Crippen molar-refractivity contribution in [2.24, 2.45) is 5.73 Å². The highest BCUT2D eigenvalue weighted by Gasteiger charge is 2.34. The average molecular weight is 314 g/mol. The molecule has 122 valence electrons. The predicted octanol–water partition coefficient (Wildman–Crippen LogP) is 1.80. The standard InChI is InChI=1S/C14H20F2N4O2/c1-3-10-12(20(14(17)21)5-4-18-10)9-7-19-11(6-8(9)2)22-13(15)16/h6-7,10,12-13,18H,3-5H2,1-2H3,(H2,17,21). The van der Waals surface area contributed by atoms with Gasteiger partial charge in [-0.1, -0.05) is 6.92 Å². The zero-order chi connectivity index (χ0) is 16.3. The SMILES string of the molecule is CCC1NCCN(C(N)=O)C1c1cnc(OC(F)F)cc1C. The van der Waals surface area contributed by atoms with Crippen LogP contribution >= 0.6 is 0 Å². The molecule has 0 spiro atoms. The van der Waals surface area contributed by atoms with Crippen LogP contribution in [0.15, 0.2) is 12.3 Å². The van der Waals surface area contributed by atoms with Gasteiger partial charge in [-0.15, -0.1) is 0 Å². The highest BCUT2D eigenvalue weighted by Crippen LogP contribution is 2.31. The third kappa shape index (κ3) is 3.44. The highest BCUT2D eigenvalue weighted by molar-refractivity contribution is 5.73. The van der Waals surface area contributed by atoms with E-state index in [0.29, 0.717) is 13.1 Å². The van der Waals surface area contributed by atoms with Crippen molar-refractivity contribution in [2.75, 3.05) is 13.1 Å². The van der Waals surface area contributed by atoms with Gasteiger partial charge in [0.15, 0.2) is 0 Å². The lowest BCUT2D eigenvalue weighted by atomic mass is 9.92. The Morgan fingerprint density at radius 3 is 2.91 bits per heavy atom. The molecule has 3 N–H and O–H groups in total. The summed E-state index contributed by atoms with van der Waals surface area (Å²) in [4.78, 5) is 17.2. The monoisotopic (exact) mass is 314 g/mol. The summed E-state index contributed by atoms with van der Waals surface area (Å²) in [5.74, 6) is -0.140. The van der Waals surface area contributed by atoms with Gasteiger partial charge in [0.25, 0.3) is 0 Å². The second-order valence-corrected chi connectivity index (χ2v) is 5.20. The van der Waals surface area contributed by atoms with Gasteiger partial charge < -0.3 is 20.7 Å². The third-order valence-electron chi connectivity index (χ3n) is 3.85. The molecule has 2 unspecified atom stereocenters. The van der Waals surface area contributed by atoms with Crippen LogP contribution in [0, 0.1) is 6.92 Å². The van der Waals surface area contributed by atoms with E-state index in [1.807, 2.05) is 6.92 Å². The Bertz CT molecular complexity index is 542. The summed E-state index contributed by atoms with van der Waals surface area (Å²) in [6, 6.07) is 0.701. The number of carbonyl (C=O) groups excluding carboxylic acids is 1. The predicted molar refractivity (Wildman–Crippen MR) is 76.7 cm³/mol. The quantitative estimate of drug-likeness (QED) is 0.888. The number of nitrogens with zero attached hydrogens (tertiary/aromatic N) is 2. The molecule has 2 amide bonds. The first-order valence-corrected chi connectivity index (χ1v) is 7.14. The molecular weight excluding hydrogens is 294 g/mol. The minimum atomic E-state index is -2.92. The largest absolute Gasteiger partial charge is 0.417 e. The molecule has 0 bridgehead atoms. The summed E-state index contributed by atoms with van der Waals surface area (Å²) in [6.07, 6.45) is 2.27. The molecule has 8 heteroatoms. The molecule has 0 aromatic carbocycles. The smallest absolute Gasteiger partial charge is 0.388 e. The van der Waals surface area contributed by atoms with Crippen LogP contribution in [0.4, 0.5) is 13.6 Å². The van der Waals surface area contributed by atoms with Gasteiger partial charge in [-0.25, -0.2) is 9.78 Å². The Morgan fingerprint density at radius 1 is 1.64 bits per heavy atom. The number of nitrogens with one attached hydrogen (secondary N) is 1. The van der Waals surface area contributed by atoms with Crippen LogP contribution in [0.25, 0.3) is 0 Å². The second kappa shape index (κ2) is 6.87. The number of urea groups is 1. The molecule has 0 saturated carbocycles. The molecule has 6 nitrogen and oxygen atoms in total. The van der Waals surface area contributed by atoms with Crippen LogP contribution in [0.1, 0.15) is 30.5 Å². The lowest BCUT2D eigenvalue weighted by Crippen LogP contribution is -2.55. The van der Waals surface area contributed by atoms with E-state index in [2.05, 4.69) is 15.0 Å². The number of aryl methyl sites for hydroxylation is 1. The van der Waals surface area contributed by atoms with Crippen molar-refractivity contribution in [3.63, 3.8) is 0 Å². The fourth-order valence-corrected chi connectivity index (χ4v) is 2.84. The summed E-state index contributed by atoms with van der Waals surface area (Å²) in [5, 5.41) is 3.35. The number of amides is 2. The lowest BCUT2D eigenvalue weighted by Gasteiger charge is -2.41. The number of pyridine rings is 1. The number of piperazine rings is 1. The Labute approximate surface area is 127 Å². The maximum atomic E-state index is 12.3. The number of carbonyl (C=O) groups is 1. The molecule has 0 aliphatic carbocycles. The van der Waals surface area contributed by atoms with Crippen molar-refractivity contribution in [1.82, 2.24) is 15.2 Å². The molecular formula is C14H20F2N4O2. The van der Waals surface area contributed by atoms with Crippen molar-refractivity contribution in [3.05, 3.63) is 23.4 Å². The highest BCUT2D eigenvalue weighted by atomic mass is 19.3. The number of hydrogen-bond donors (Lipinski definition) is 2. The molecule has 0 radical (unpaired) electrons. The molecule has 1 fully saturated rings.